The van der Waals surface area contributed by atoms with Gasteiger partial charge in [-0.15, -0.1) is 0 Å². The molecule has 1 aromatic carbocycles. The number of benzene rings is 1. The Morgan fingerprint density at radius 1 is 1.11 bits per heavy atom. The molecule has 3 rings (SSSR count). The first kappa shape index (κ1) is 19.5. The number of esters is 1. The van der Waals surface area contributed by atoms with Gasteiger partial charge in [0.25, 0.3) is 5.91 Å². The first-order chi connectivity index (χ1) is 13.0. The third-order valence-electron chi connectivity index (χ3n) is 4.80. The molecule has 1 saturated heterocycles. The molecule has 144 valence electrons. The van der Waals surface area contributed by atoms with E-state index in [0.717, 1.165) is 17.7 Å². The molecule has 0 aliphatic carbocycles. The molecule has 1 amide bonds. The number of carbonyl (C=O) groups excluding carboxylic acids is 2. The van der Waals surface area contributed by atoms with Gasteiger partial charge in [0.1, 0.15) is 11.8 Å². The van der Waals surface area contributed by atoms with Crippen LogP contribution in [0.2, 0.25) is 5.02 Å². The summed E-state index contributed by atoms with van der Waals surface area (Å²) in [5, 5.41) is 0.614. The molecule has 1 atom stereocenters. The highest BCUT2D eigenvalue weighted by molar-refractivity contribution is 6.30. The number of amides is 1. The van der Waals surface area contributed by atoms with Gasteiger partial charge in [0, 0.05) is 37.6 Å². The lowest BCUT2D eigenvalue weighted by atomic mass is 10.0. The van der Waals surface area contributed by atoms with Gasteiger partial charge < -0.3 is 14.1 Å². The molecule has 2 heterocycles. The molecule has 1 fully saturated rings. The fourth-order valence-corrected chi connectivity index (χ4v) is 3.40. The van der Waals surface area contributed by atoms with Gasteiger partial charge in [0.2, 0.25) is 0 Å². The molecule has 7 heteroatoms. The second kappa shape index (κ2) is 8.59. The zero-order valence-electron chi connectivity index (χ0n) is 15.5. The van der Waals surface area contributed by atoms with Gasteiger partial charge in [-0.05, 0) is 29.8 Å². The highest BCUT2D eigenvalue weighted by atomic mass is 35.5. The van der Waals surface area contributed by atoms with Gasteiger partial charge in [-0.25, -0.2) is 4.79 Å². The van der Waals surface area contributed by atoms with Crippen LogP contribution in [0.4, 0.5) is 0 Å². The van der Waals surface area contributed by atoms with Crippen LogP contribution in [0.25, 0.3) is 0 Å². The van der Waals surface area contributed by atoms with Crippen molar-refractivity contribution in [1.82, 2.24) is 9.80 Å². The summed E-state index contributed by atoms with van der Waals surface area (Å²) in [5.74, 6) is 0.721. The molecule has 0 spiro atoms. The third kappa shape index (κ3) is 4.34. The highest BCUT2D eigenvalue weighted by Crippen LogP contribution is 2.25. The Labute approximate surface area is 163 Å². The van der Waals surface area contributed by atoms with Gasteiger partial charge in [0.05, 0.1) is 7.11 Å². The third-order valence-corrected chi connectivity index (χ3v) is 5.05. The van der Waals surface area contributed by atoms with E-state index in [0.29, 0.717) is 37.0 Å². The first-order valence-electron chi connectivity index (χ1n) is 8.98. The fraction of sp³-hybridized carbons (Fsp3) is 0.400. The van der Waals surface area contributed by atoms with E-state index in [2.05, 4.69) is 0 Å². The van der Waals surface area contributed by atoms with Crippen LogP contribution in [-0.2, 0) is 16.0 Å². The second-order valence-electron chi connectivity index (χ2n) is 6.42. The molecule has 1 aliphatic heterocycles. The van der Waals surface area contributed by atoms with E-state index in [1.807, 2.05) is 30.0 Å². The van der Waals surface area contributed by atoms with Crippen molar-refractivity contribution < 1.29 is 18.7 Å². The average Bonchev–Trinajstić information content (AvgIpc) is 3.18. The molecule has 27 heavy (non-hydrogen) atoms. The van der Waals surface area contributed by atoms with Crippen LogP contribution >= 0.6 is 11.6 Å². The number of hydrogen-bond acceptors (Lipinski definition) is 5. The van der Waals surface area contributed by atoms with Crippen molar-refractivity contribution in [3.05, 3.63) is 58.5 Å². The number of aryl methyl sites for hydroxylation is 1. The van der Waals surface area contributed by atoms with Crippen molar-refractivity contribution in [3.8, 4) is 0 Å². The van der Waals surface area contributed by atoms with Gasteiger partial charge in [-0.2, -0.15) is 0 Å². The van der Waals surface area contributed by atoms with Crippen molar-refractivity contribution >= 4 is 23.5 Å². The van der Waals surface area contributed by atoms with Crippen molar-refractivity contribution in [3.63, 3.8) is 0 Å². The van der Waals surface area contributed by atoms with Crippen LogP contribution in [0, 0.1) is 0 Å². The van der Waals surface area contributed by atoms with Crippen LogP contribution in [-0.4, -0.2) is 55.0 Å². The summed E-state index contributed by atoms with van der Waals surface area (Å²) < 4.78 is 10.6. The zero-order valence-corrected chi connectivity index (χ0v) is 16.2. The molecule has 0 N–H and O–H groups in total. The summed E-state index contributed by atoms with van der Waals surface area (Å²) in [6.45, 7) is 4.14. The Bertz CT molecular complexity index is 795. The summed E-state index contributed by atoms with van der Waals surface area (Å²) in [7, 11) is 1.38. The predicted molar refractivity (Wildman–Crippen MR) is 102 cm³/mol. The monoisotopic (exact) mass is 390 g/mol. The van der Waals surface area contributed by atoms with Crippen LogP contribution in [0.3, 0.4) is 0 Å². The Kier molecular flexibility index (Phi) is 6.19. The van der Waals surface area contributed by atoms with E-state index in [9.17, 15) is 9.59 Å². The predicted octanol–water partition coefficient (Wildman–Crippen LogP) is 3.17. The summed E-state index contributed by atoms with van der Waals surface area (Å²) in [4.78, 5) is 28.8. The van der Waals surface area contributed by atoms with Crippen LogP contribution in [0.15, 0.2) is 40.8 Å². The molecule has 1 unspecified atom stereocenters. The van der Waals surface area contributed by atoms with E-state index < -0.39 is 6.04 Å². The summed E-state index contributed by atoms with van der Waals surface area (Å²) in [6, 6.07) is 10.2. The minimum absolute atomic E-state index is 0.115. The number of furan rings is 1. The topological polar surface area (TPSA) is 63.0 Å². The quantitative estimate of drug-likeness (QED) is 0.734. The lowest BCUT2D eigenvalue weighted by molar-refractivity contribution is -0.148. The Balaban J connectivity index is 1.69. The van der Waals surface area contributed by atoms with Crippen molar-refractivity contribution in [2.75, 3.05) is 33.3 Å². The molecule has 0 saturated carbocycles. The van der Waals surface area contributed by atoms with E-state index in [-0.39, 0.29) is 11.9 Å². The van der Waals surface area contributed by atoms with Gasteiger partial charge in [0.15, 0.2) is 5.76 Å². The van der Waals surface area contributed by atoms with Crippen LogP contribution in [0.1, 0.15) is 34.8 Å². The van der Waals surface area contributed by atoms with E-state index >= 15 is 0 Å². The zero-order chi connectivity index (χ0) is 19.4. The minimum atomic E-state index is -0.514. The number of methoxy groups -OCH3 is 1. The molecule has 6 nitrogen and oxygen atoms in total. The number of carbonyl (C=O) groups is 2. The van der Waals surface area contributed by atoms with Crippen molar-refractivity contribution in [2.45, 2.75) is 19.4 Å². The Morgan fingerprint density at radius 3 is 2.33 bits per heavy atom. The van der Waals surface area contributed by atoms with Gasteiger partial charge in [-0.1, -0.05) is 30.7 Å². The normalized spacial score (nSPS) is 16.2. The maximum Gasteiger partial charge on any atom is 0.327 e. The first-order valence-corrected chi connectivity index (χ1v) is 9.36. The SMILES string of the molecule is CCc1ccc(C(=O)N2CCN(C(C(=O)OC)c3ccc(Cl)cc3)CC2)o1. The number of ether oxygens (including phenoxy) is 1. The molecular formula is C20H23ClN2O4. The van der Waals surface area contributed by atoms with Gasteiger partial charge in [-0.3, -0.25) is 9.69 Å². The van der Waals surface area contributed by atoms with E-state index in [1.54, 1.807) is 23.1 Å². The van der Waals surface area contributed by atoms with Gasteiger partial charge >= 0.3 is 5.97 Å². The summed E-state index contributed by atoms with van der Waals surface area (Å²) in [6.07, 6.45) is 0.753. The Hall–Kier alpha value is -2.31. The molecule has 2 aromatic rings. The molecule has 1 aromatic heterocycles. The molecular weight excluding hydrogens is 368 g/mol. The molecule has 1 aliphatic rings. The van der Waals surface area contributed by atoms with Crippen molar-refractivity contribution in [2.24, 2.45) is 0 Å². The average molecular weight is 391 g/mol. The molecule has 0 bridgehead atoms. The van der Waals surface area contributed by atoms with E-state index in [4.69, 9.17) is 20.8 Å². The minimum Gasteiger partial charge on any atom is -0.468 e. The lowest BCUT2D eigenvalue weighted by Gasteiger charge is -2.38. The largest absolute Gasteiger partial charge is 0.468 e. The number of nitrogens with zero attached hydrogens (tertiary/aromatic N) is 2. The number of piperazine rings is 1. The van der Waals surface area contributed by atoms with Crippen LogP contribution < -0.4 is 0 Å². The second-order valence-corrected chi connectivity index (χ2v) is 6.86. The standard InChI is InChI=1S/C20H23ClN2O4/c1-3-16-8-9-17(27-16)19(24)23-12-10-22(11-13-23)18(20(25)26-2)14-4-6-15(21)7-5-14/h4-9,18H,3,10-13H2,1-2H3. The maximum absolute atomic E-state index is 12.6. The molecule has 0 radical (unpaired) electrons. The van der Waals surface area contributed by atoms with Crippen LogP contribution in [0.5, 0.6) is 0 Å². The van der Waals surface area contributed by atoms with E-state index in [1.165, 1.54) is 7.11 Å². The highest BCUT2D eigenvalue weighted by Gasteiger charge is 2.33. The number of halogens is 1. The Morgan fingerprint density at radius 2 is 1.78 bits per heavy atom. The lowest BCUT2D eigenvalue weighted by Crippen LogP contribution is -2.51. The van der Waals surface area contributed by atoms with Crippen molar-refractivity contribution in [1.29, 1.82) is 0 Å². The maximum atomic E-state index is 12.6. The number of rotatable bonds is 5. The smallest absolute Gasteiger partial charge is 0.327 e. The number of hydrogen-bond donors (Lipinski definition) is 0. The summed E-state index contributed by atoms with van der Waals surface area (Å²) in [5.41, 5.74) is 0.824. The fourth-order valence-electron chi connectivity index (χ4n) is 3.27. The summed E-state index contributed by atoms with van der Waals surface area (Å²) >= 11 is 5.96.